The second-order valence-electron chi connectivity index (χ2n) is 6.85. The van der Waals surface area contributed by atoms with Crippen LogP contribution in [0.4, 0.5) is 0 Å². The fourth-order valence-corrected chi connectivity index (χ4v) is 3.27. The average Bonchev–Trinajstić information content (AvgIpc) is 2.35. The van der Waals surface area contributed by atoms with Crippen LogP contribution in [0.1, 0.15) is 46.5 Å². The molecule has 1 heterocycles. The van der Waals surface area contributed by atoms with Crippen molar-refractivity contribution in [3.05, 3.63) is 0 Å². The molecule has 0 aromatic rings. The molecule has 2 rings (SSSR count). The molecule has 2 unspecified atom stereocenters. The molecule has 0 radical (unpaired) electrons. The number of nitrogens with zero attached hydrogens (tertiary/aromatic N) is 1. The molecule has 0 aromatic heterocycles. The van der Waals surface area contributed by atoms with Crippen molar-refractivity contribution in [2.45, 2.75) is 58.0 Å². The molecule has 2 atom stereocenters. The molecule has 4 heteroatoms. The zero-order valence-corrected chi connectivity index (χ0v) is 12.7. The predicted octanol–water partition coefficient (Wildman–Crippen LogP) is 1.37. The van der Waals surface area contributed by atoms with Crippen LogP contribution in [0.2, 0.25) is 0 Å². The normalized spacial score (nSPS) is 31.9. The van der Waals surface area contributed by atoms with Gasteiger partial charge in [-0.2, -0.15) is 0 Å². The Kier molecular flexibility index (Phi) is 4.85. The number of piperazine rings is 1. The standard InChI is InChI=1S/C15H29N3O/c1-12-6-4-5-7-13(12)17-14(19)10-18-9-8-16-11-15(18,2)3/h12-13,16H,4-11H2,1-3H3,(H,17,19). The Bertz CT molecular complexity index is 317. The van der Waals surface area contributed by atoms with Crippen molar-refractivity contribution in [3.63, 3.8) is 0 Å². The minimum Gasteiger partial charge on any atom is -0.352 e. The van der Waals surface area contributed by atoms with E-state index < -0.39 is 0 Å². The van der Waals surface area contributed by atoms with E-state index in [9.17, 15) is 4.79 Å². The van der Waals surface area contributed by atoms with Crippen LogP contribution in [-0.2, 0) is 4.79 Å². The first-order valence-corrected chi connectivity index (χ1v) is 7.74. The molecule has 1 aliphatic carbocycles. The van der Waals surface area contributed by atoms with Crippen LogP contribution in [0.25, 0.3) is 0 Å². The van der Waals surface area contributed by atoms with Gasteiger partial charge in [0, 0.05) is 31.2 Å². The Hall–Kier alpha value is -0.610. The summed E-state index contributed by atoms with van der Waals surface area (Å²) in [6, 6.07) is 0.396. The summed E-state index contributed by atoms with van der Waals surface area (Å²) in [7, 11) is 0. The van der Waals surface area contributed by atoms with Crippen molar-refractivity contribution in [2.75, 3.05) is 26.2 Å². The minimum absolute atomic E-state index is 0.0772. The van der Waals surface area contributed by atoms with E-state index in [0.29, 0.717) is 18.5 Å². The maximum absolute atomic E-state index is 12.2. The van der Waals surface area contributed by atoms with Gasteiger partial charge in [-0.25, -0.2) is 0 Å². The van der Waals surface area contributed by atoms with Gasteiger partial charge in [-0.15, -0.1) is 0 Å². The third-order valence-corrected chi connectivity index (χ3v) is 4.76. The van der Waals surface area contributed by atoms with E-state index in [4.69, 9.17) is 0 Å². The van der Waals surface area contributed by atoms with Crippen LogP contribution < -0.4 is 10.6 Å². The molecule has 4 nitrogen and oxygen atoms in total. The summed E-state index contributed by atoms with van der Waals surface area (Å²) < 4.78 is 0. The van der Waals surface area contributed by atoms with E-state index in [1.54, 1.807) is 0 Å². The topological polar surface area (TPSA) is 44.4 Å². The van der Waals surface area contributed by atoms with Gasteiger partial charge in [0.25, 0.3) is 0 Å². The largest absolute Gasteiger partial charge is 0.352 e. The highest BCUT2D eigenvalue weighted by Crippen LogP contribution is 2.23. The van der Waals surface area contributed by atoms with Crippen LogP contribution in [0, 0.1) is 5.92 Å². The molecule has 1 saturated carbocycles. The van der Waals surface area contributed by atoms with Crippen molar-refractivity contribution in [1.82, 2.24) is 15.5 Å². The lowest BCUT2D eigenvalue weighted by Gasteiger charge is -2.42. The summed E-state index contributed by atoms with van der Waals surface area (Å²) in [4.78, 5) is 14.5. The molecule has 1 amide bonds. The molecule has 110 valence electrons. The summed E-state index contributed by atoms with van der Waals surface area (Å²) in [5.74, 6) is 0.836. The molecule has 2 aliphatic rings. The lowest BCUT2D eigenvalue weighted by molar-refractivity contribution is -0.125. The van der Waals surface area contributed by atoms with Gasteiger partial charge in [0.05, 0.1) is 6.54 Å². The van der Waals surface area contributed by atoms with E-state index in [2.05, 4.69) is 36.3 Å². The first-order valence-electron chi connectivity index (χ1n) is 7.74. The van der Waals surface area contributed by atoms with Crippen LogP contribution >= 0.6 is 0 Å². The number of amides is 1. The summed E-state index contributed by atoms with van der Waals surface area (Å²) in [6.45, 7) is 10.1. The summed E-state index contributed by atoms with van der Waals surface area (Å²) in [6.07, 6.45) is 4.98. The van der Waals surface area contributed by atoms with E-state index >= 15 is 0 Å². The third-order valence-electron chi connectivity index (χ3n) is 4.76. The summed E-state index contributed by atoms with van der Waals surface area (Å²) in [5.41, 5.74) is 0.0772. The Balaban J connectivity index is 1.83. The van der Waals surface area contributed by atoms with E-state index in [0.717, 1.165) is 26.1 Å². The Morgan fingerprint density at radius 3 is 2.79 bits per heavy atom. The minimum atomic E-state index is 0.0772. The number of nitrogens with one attached hydrogen (secondary N) is 2. The average molecular weight is 267 g/mol. The van der Waals surface area contributed by atoms with Gasteiger partial charge in [-0.3, -0.25) is 9.69 Å². The zero-order chi connectivity index (χ0) is 13.9. The van der Waals surface area contributed by atoms with Crippen molar-refractivity contribution in [2.24, 2.45) is 5.92 Å². The highest BCUT2D eigenvalue weighted by molar-refractivity contribution is 5.78. The molecule has 19 heavy (non-hydrogen) atoms. The van der Waals surface area contributed by atoms with E-state index in [1.807, 2.05) is 0 Å². The SMILES string of the molecule is CC1CCCCC1NC(=O)CN1CCNCC1(C)C. The molecule has 1 aliphatic heterocycles. The third kappa shape index (κ3) is 3.93. The predicted molar refractivity (Wildman–Crippen MR) is 78.1 cm³/mol. The molecule has 0 bridgehead atoms. The Morgan fingerprint density at radius 2 is 2.11 bits per heavy atom. The molecule has 0 aromatic carbocycles. The first kappa shape index (κ1) is 14.8. The van der Waals surface area contributed by atoms with Gasteiger partial charge in [-0.05, 0) is 32.6 Å². The van der Waals surface area contributed by atoms with Gasteiger partial charge in [0.1, 0.15) is 0 Å². The second kappa shape index (κ2) is 6.23. The molecular formula is C15H29N3O. The van der Waals surface area contributed by atoms with Crippen molar-refractivity contribution >= 4 is 5.91 Å². The van der Waals surface area contributed by atoms with Gasteiger partial charge in [-0.1, -0.05) is 19.8 Å². The van der Waals surface area contributed by atoms with E-state index in [-0.39, 0.29) is 11.4 Å². The summed E-state index contributed by atoms with van der Waals surface area (Å²) in [5, 5.41) is 6.65. The Morgan fingerprint density at radius 1 is 1.37 bits per heavy atom. The Labute approximate surface area is 117 Å². The fraction of sp³-hybridized carbons (Fsp3) is 0.933. The molecule has 2 N–H and O–H groups in total. The fourth-order valence-electron chi connectivity index (χ4n) is 3.27. The highest BCUT2D eigenvalue weighted by Gasteiger charge is 2.31. The molecule has 1 saturated heterocycles. The van der Waals surface area contributed by atoms with Crippen molar-refractivity contribution < 1.29 is 4.79 Å². The molecular weight excluding hydrogens is 238 g/mol. The second-order valence-corrected chi connectivity index (χ2v) is 6.85. The lowest BCUT2D eigenvalue weighted by atomic mass is 9.86. The smallest absolute Gasteiger partial charge is 0.234 e. The van der Waals surface area contributed by atoms with Crippen molar-refractivity contribution in [3.8, 4) is 0 Å². The van der Waals surface area contributed by atoms with Crippen molar-refractivity contribution in [1.29, 1.82) is 0 Å². The summed E-state index contributed by atoms with van der Waals surface area (Å²) >= 11 is 0. The number of hydrogen-bond donors (Lipinski definition) is 2. The van der Waals surface area contributed by atoms with Gasteiger partial charge in [0.2, 0.25) is 5.91 Å². The monoisotopic (exact) mass is 267 g/mol. The lowest BCUT2D eigenvalue weighted by Crippen LogP contribution is -2.60. The van der Waals surface area contributed by atoms with Crippen LogP contribution in [0.15, 0.2) is 0 Å². The maximum Gasteiger partial charge on any atom is 0.234 e. The zero-order valence-electron chi connectivity index (χ0n) is 12.7. The number of hydrogen-bond acceptors (Lipinski definition) is 3. The first-order chi connectivity index (χ1) is 8.99. The van der Waals surface area contributed by atoms with Gasteiger partial charge in [0.15, 0.2) is 0 Å². The number of carbonyl (C=O) groups excluding carboxylic acids is 1. The van der Waals surface area contributed by atoms with Gasteiger partial charge < -0.3 is 10.6 Å². The number of rotatable bonds is 3. The molecule has 0 spiro atoms. The number of carbonyl (C=O) groups is 1. The molecule has 2 fully saturated rings. The van der Waals surface area contributed by atoms with Crippen LogP contribution in [0.5, 0.6) is 0 Å². The quantitative estimate of drug-likeness (QED) is 0.811. The highest BCUT2D eigenvalue weighted by atomic mass is 16.2. The van der Waals surface area contributed by atoms with Crippen LogP contribution in [0.3, 0.4) is 0 Å². The maximum atomic E-state index is 12.2. The van der Waals surface area contributed by atoms with E-state index in [1.165, 1.54) is 19.3 Å². The van der Waals surface area contributed by atoms with Gasteiger partial charge >= 0.3 is 0 Å². The van der Waals surface area contributed by atoms with Crippen LogP contribution in [-0.4, -0.2) is 48.6 Å².